The third-order valence-electron chi connectivity index (χ3n) is 4.63. The Hall–Kier alpha value is -2.71. The van der Waals surface area contributed by atoms with Gasteiger partial charge in [0.1, 0.15) is 12.4 Å². The summed E-state index contributed by atoms with van der Waals surface area (Å²) < 4.78 is 13.1. The minimum atomic E-state index is -0.250. The molecule has 1 unspecified atom stereocenters. The molecule has 4 nitrogen and oxygen atoms in total. The molecule has 3 rings (SSSR count). The molecule has 0 radical (unpaired) electrons. The second-order valence-electron chi connectivity index (χ2n) is 6.56. The van der Waals surface area contributed by atoms with Crippen molar-refractivity contribution in [3.63, 3.8) is 0 Å². The zero-order valence-electron chi connectivity index (χ0n) is 14.1. The van der Waals surface area contributed by atoms with Crippen molar-refractivity contribution in [2.24, 2.45) is 0 Å². The lowest BCUT2D eigenvalue weighted by atomic mass is 10.1. The van der Waals surface area contributed by atoms with Crippen molar-refractivity contribution < 1.29 is 14.1 Å². The van der Waals surface area contributed by atoms with Crippen LogP contribution in [0.4, 0.5) is 10.1 Å². The van der Waals surface area contributed by atoms with Gasteiger partial charge in [-0.3, -0.25) is 4.79 Å². The van der Waals surface area contributed by atoms with Gasteiger partial charge in [-0.1, -0.05) is 18.2 Å². The van der Waals surface area contributed by atoms with Crippen LogP contribution in [-0.2, 0) is 11.3 Å². The first-order valence-electron chi connectivity index (χ1n) is 8.48. The van der Waals surface area contributed by atoms with Gasteiger partial charge >= 0.3 is 0 Å². The summed E-state index contributed by atoms with van der Waals surface area (Å²) in [6, 6.07) is 15.7. The van der Waals surface area contributed by atoms with Crippen molar-refractivity contribution in [3.8, 4) is 6.07 Å². The molecule has 1 aliphatic rings. The maximum Gasteiger partial charge on any atom is 0.282 e. The van der Waals surface area contributed by atoms with Crippen LogP contribution >= 0.6 is 0 Å². The Bertz CT molecular complexity index is 793. The van der Waals surface area contributed by atoms with Gasteiger partial charge in [0.05, 0.1) is 17.7 Å². The number of anilines is 1. The Labute approximate surface area is 146 Å². The maximum atomic E-state index is 13.1. The number of hydrogen-bond acceptors (Lipinski definition) is 2. The molecular weight excluding hydrogens is 317 g/mol. The van der Waals surface area contributed by atoms with Crippen LogP contribution in [0.2, 0.25) is 0 Å². The third kappa shape index (κ3) is 4.43. The lowest BCUT2D eigenvalue weighted by Crippen LogP contribution is -3.16. The standard InChI is InChI=1S/C20H20FN3O/c1-14(20(25)23-18-4-2-3-16(11-18)12-22)24(19-9-10-19)13-15-5-7-17(21)8-6-15/h2-8,11,14,19H,9-10,13H2,1H3,(H,23,25)/p+1/t14-/m1/s1. The molecule has 0 spiro atoms. The Morgan fingerprint density at radius 2 is 2.04 bits per heavy atom. The molecule has 1 saturated carbocycles. The fraction of sp³-hybridized carbons (Fsp3) is 0.300. The van der Waals surface area contributed by atoms with E-state index in [1.54, 1.807) is 36.4 Å². The molecule has 0 heterocycles. The smallest absolute Gasteiger partial charge is 0.282 e. The van der Waals surface area contributed by atoms with Gasteiger partial charge in [0.2, 0.25) is 0 Å². The van der Waals surface area contributed by atoms with Crippen molar-refractivity contribution in [2.45, 2.75) is 38.4 Å². The summed E-state index contributed by atoms with van der Waals surface area (Å²) >= 11 is 0. The van der Waals surface area contributed by atoms with Gasteiger partial charge in [0.25, 0.3) is 5.91 Å². The van der Waals surface area contributed by atoms with Crippen LogP contribution in [0.3, 0.4) is 0 Å². The Balaban J connectivity index is 1.69. The van der Waals surface area contributed by atoms with Crippen LogP contribution in [0.5, 0.6) is 0 Å². The normalized spacial score (nSPS) is 15.9. The van der Waals surface area contributed by atoms with Crippen molar-refractivity contribution in [2.75, 3.05) is 5.32 Å². The van der Waals surface area contributed by atoms with Crippen LogP contribution in [0.1, 0.15) is 30.9 Å². The van der Waals surface area contributed by atoms with E-state index in [0.29, 0.717) is 23.8 Å². The van der Waals surface area contributed by atoms with E-state index >= 15 is 0 Å². The van der Waals surface area contributed by atoms with E-state index in [1.165, 1.54) is 17.0 Å². The molecule has 2 aromatic rings. The minimum Gasteiger partial charge on any atom is -0.321 e. The first-order valence-corrected chi connectivity index (χ1v) is 8.48. The third-order valence-corrected chi connectivity index (χ3v) is 4.63. The number of benzene rings is 2. The number of nitriles is 1. The average Bonchev–Trinajstić information content (AvgIpc) is 3.45. The average molecular weight is 338 g/mol. The number of rotatable bonds is 6. The van der Waals surface area contributed by atoms with Gasteiger partial charge in [0.15, 0.2) is 6.04 Å². The van der Waals surface area contributed by atoms with E-state index in [2.05, 4.69) is 11.4 Å². The monoisotopic (exact) mass is 338 g/mol. The molecular formula is C20H21FN3O+. The van der Waals surface area contributed by atoms with Crippen LogP contribution in [-0.4, -0.2) is 18.0 Å². The molecule has 0 bridgehead atoms. The first-order chi connectivity index (χ1) is 12.1. The summed E-state index contributed by atoms with van der Waals surface area (Å²) in [5.74, 6) is -0.320. The summed E-state index contributed by atoms with van der Waals surface area (Å²) in [6.45, 7) is 2.61. The van der Waals surface area contributed by atoms with Crippen LogP contribution in [0.25, 0.3) is 0 Å². The van der Waals surface area contributed by atoms with Crippen molar-refractivity contribution >= 4 is 11.6 Å². The molecule has 25 heavy (non-hydrogen) atoms. The number of halogens is 1. The zero-order chi connectivity index (χ0) is 17.8. The van der Waals surface area contributed by atoms with Gasteiger partial charge < -0.3 is 10.2 Å². The number of nitrogens with zero attached hydrogens (tertiary/aromatic N) is 1. The molecule has 5 heteroatoms. The molecule has 0 aromatic heterocycles. The molecule has 0 saturated heterocycles. The molecule has 2 N–H and O–H groups in total. The fourth-order valence-electron chi connectivity index (χ4n) is 3.03. The van der Waals surface area contributed by atoms with Gasteiger partial charge in [-0.25, -0.2) is 4.39 Å². The van der Waals surface area contributed by atoms with Crippen LogP contribution < -0.4 is 10.2 Å². The molecule has 2 atom stereocenters. The highest BCUT2D eigenvalue weighted by Crippen LogP contribution is 2.17. The predicted octanol–water partition coefficient (Wildman–Crippen LogP) is 2.27. The van der Waals surface area contributed by atoms with Gasteiger partial charge in [-0.2, -0.15) is 5.26 Å². The second-order valence-corrected chi connectivity index (χ2v) is 6.56. The summed E-state index contributed by atoms with van der Waals surface area (Å²) in [4.78, 5) is 13.9. The van der Waals surface area contributed by atoms with E-state index in [1.807, 2.05) is 6.92 Å². The second kappa shape index (κ2) is 7.45. The molecule has 2 aromatic carbocycles. The van der Waals surface area contributed by atoms with Crippen molar-refractivity contribution in [1.82, 2.24) is 0 Å². The number of quaternary nitrogens is 1. The maximum absolute atomic E-state index is 13.1. The van der Waals surface area contributed by atoms with E-state index in [4.69, 9.17) is 5.26 Å². The summed E-state index contributed by atoms with van der Waals surface area (Å²) in [5.41, 5.74) is 2.17. The highest BCUT2D eigenvalue weighted by Gasteiger charge is 2.39. The number of carbonyl (C=O) groups is 1. The molecule has 1 aliphatic carbocycles. The molecule has 128 valence electrons. The van der Waals surface area contributed by atoms with E-state index < -0.39 is 0 Å². The summed E-state index contributed by atoms with van der Waals surface area (Å²) in [7, 11) is 0. The number of amides is 1. The number of nitrogens with one attached hydrogen (secondary N) is 2. The van der Waals surface area contributed by atoms with Crippen molar-refractivity contribution in [3.05, 3.63) is 65.5 Å². The summed E-state index contributed by atoms with van der Waals surface area (Å²) in [6.07, 6.45) is 2.22. The number of hydrogen-bond donors (Lipinski definition) is 2. The van der Waals surface area contributed by atoms with E-state index in [-0.39, 0.29) is 17.8 Å². The SMILES string of the molecule is C[C@H](C(=O)Nc1cccc(C#N)c1)[NH+](Cc1ccc(F)cc1)C1CC1. The Morgan fingerprint density at radius 1 is 1.32 bits per heavy atom. The van der Waals surface area contributed by atoms with E-state index in [9.17, 15) is 9.18 Å². The van der Waals surface area contributed by atoms with Gasteiger partial charge in [-0.15, -0.1) is 0 Å². The lowest BCUT2D eigenvalue weighted by molar-refractivity contribution is -0.938. The number of carbonyl (C=O) groups excluding carboxylic acids is 1. The molecule has 1 amide bonds. The minimum absolute atomic E-state index is 0.0703. The largest absolute Gasteiger partial charge is 0.321 e. The molecule has 0 aliphatic heterocycles. The lowest BCUT2D eigenvalue weighted by Gasteiger charge is -2.25. The first kappa shape index (κ1) is 17.1. The highest BCUT2D eigenvalue weighted by atomic mass is 19.1. The van der Waals surface area contributed by atoms with Gasteiger partial charge in [-0.05, 0) is 37.3 Å². The quantitative estimate of drug-likeness (QED) is 0.849. The summed E-state index contributed by atoms with van der Waals surface area (Å²) in [5, 5.41) is 11.9. The fourth-order valence-corrected chi connectivity index (χ4v) is 3.03. The van der Waals surface area contributed by atoms with E-state index in [0.717, 1.165) is 18.4 Å². The Morgan fingerprint density at radius 3 is 2.68 bits per heavy atom. The van der Waals surface area contributed by atoms with Gasteiger partial charge in [0, 0.05) is 24.1 Å². The highest BCUT2D eigenvalue weighted by molar-refractivity contribution is 5.93. The molecule has 1 fully saturated rings. The van der Waals surface area contributed by atoms with Crippen LogP contribution in [0.15, 0.2) is 48.5 Å². The van der Waals surface area contributed by atoms with Crippen molar-refractivity contribution in [1.29, 1.82) is 5.26 Å². The topological polar surface area (TPSA) is 57.3 Å². The zero-order valence-corrected chi connectivity index (χ0v) is 14.1. The Kier molecular flexibility index (Phi) is 5.11. The van der Waals surface area contributed by atoms with Crippen LogP contribution in [0, 0.1) is 17.1 Å². The predicted molar refractivity (Wildman–Crippen MR) is 93.3 cm³/mol.